The largest absolute Gasteiger partial charge is 0.338 e. The van der Waals surface area contributed by atoms with Crippen LogP contribution in [0.15, 0.2) is 14.3 Å². The normalized spacial score (nSPS) is 16.3. The molecule has 0 saturated carbocycles. The Hall–Kier alpha value is 0.130. The van der Waals surface area contributed by atoms with Gasteiger partial charge >= 0.3 is 0 Å². The summed E-state index contributed by atoms with van der Waals surface area (Å²) in [6.45, 7) is 1.81. The van der Waals surface area contributed by atoms with Crippen LogP contribution in [0, 0.1) is 0 Å². The van der Waals surface area contributed by atoms with E-state index >= 15 is 0 Å². The minimum atomic E-state index is 0.157. The van der Waals surface area contributed by atoms with Crippen LogP contribution in [0.1, 0.15) is 22.5 Å². The Morgan fingerprint density at radius 1 is 1.36 bits per heavy atom. The van der Waals surface area contributed by atoms with Crippen LogP contribution >= 0.6 is 43.2 Å². The molecule has 0 spiro atoms. The van der Waals surface area contributed by atoms with Crippen molar-refractivity contribution in [1.29, 1.82) is 0 Å². The first-order valence-corrected chi connectivity index (χ1v) is 6.83. The molecule has 0 unspecified atom stereocenters. The maximum absolute atomic E-state index is 12.0. The van der Waals surface area contributed by atoms with Gasteiger partial charge in [0, 0.05) is 17.6 Å². The van der Waals surface area contributed by atoms with E-state index in [9.17, 15) is 4.79 Å². The average Bonchev–Trinajstić information content (AvgIpc) is 2.73. The maximum Gasteiger partial charge on any atom is 0.265 e. The predicted octanol–water partition coefficient (Wildman–Crippen LogP) is 3.51. The van der Waals surface area contributed by atoms with E-state index in [1.54, 1.807) is 0 Å². The summed E-state index contributed by atoms with van der Waals surface area (Å²) < 4.78 is 1.89. The number of carbonyl (C=O) groups excluding carboxylic acids is 1. The first kappa shape index (κ1) is 10.6. The van der Waals surface area contributed by atoms with Crippen LogP contribution in [0.5, 0.6) is 0 Å². The Bertz CT molecular complexity index is 358. The Labute approximate surface area is 104 Å². The summed E-state index contributed by atoms with van der Waals surface area (Å²) in [6.07, 6.45) is 2.27. The number of nitrogens with zero attached hydrogens (tertiary/aromatic N) is 1. The summed E-state index contributed by atoms with van der Waals surface area (Å²) in [5.74, 6) is 0.157. The van der Waals surface area contributed by atoms with Crippen molar-refractivity contribution in [3.63, 3.8) is 0 Å². The molecule has 0 aliphatic carbocycles. The average molecular weight is 339 g/mol. The van der Waals surface area contributed by atoms with Crippen LogP contribution in [0.25, 0.3) is 0 Å². The second kappa shape index (κ2) is 4.33. The van der Waals surface area contributed by atoms with E-state index in [0.29, 0.717) is 0 Å². The van der Waals surface area contributed by atoms with Crippen molar-refractivity contribution in [2.75, 3.05) is 13.1 Å². The molecule has 0 atom stereocenters. The molecular weight excluding hydrogens is 330 g/mol. The van der Waals surface area contributed by atoms with Gasteiger partial charge in [-0.25, -0.2) is 0 Å². The van der Waals surface area contributed by atoms with E-state index in [1.165, 1.54) is 11.3 Å². The molecule has 1 aliphatic heterocycles. The van der Waals surface area contributed by atoms with Crippen molar-refractivity contribution in [2.45, 2.75) is 12.8 Å². The monoisotopic (exact) mass is 337 g/mol. The highest BCUT2D eigenvalue weighted by Gasteiger charge is 2.22. The summed E-state index contributed by atoms with van der Waals surface area (Å²) in [5.41, 5.74) is 0. The number of thiophene rings is 1. The zero-order chi connectivity index (χ0) is 10.1. The molecule has 76 valence electrons. The lowest BCUT2D eigenvalue weighted by molar-refractivity contribution is 0.0797. The molecule has 1 aromatic heterocycles. The lowest BCUT2D eigenvalue weighted by Crippen LogP contribution is -2.26. The summed E-state index contributed by atoms with van der Waals surface area (Å²) in [4.78, 5) is 14.7. The molecule has 0 radical (unpaired) electrons. The van der Waals surface area contributed by atoms with Crippen molar-refractivity contribution in [2.24, 2.45) is 0 Å². The first-order chi connectivity index (χ1) is 6.68. The van der Waals surface area contributed by atoms with Gasteiger partial charge in [-0.1, -0.05) is 0 Å². The summed E-state index contributed by atoms with van der Waals surface area (Å²) in [7, 11) is 0. The van der Waals surface area contributed by atoms with Crippen LogP contribution in [0.4, 0.5) is 0 Å². The van der Waals surface area contributed by atoms with E-state index in [-0.39, 0.29) is 5.91 Å². The lowest BCUT2D eigenvalue weighted by Gasteiger charge is -2.13. The van der Waals surface area contributed by atoms with Gasteiger partial charge in [0.05, 0.1) is 3.79 Å². The van der Waals surface area contributed by atoms with Gasteiger partial charge in [-0.2, -0.15) is 0 Å². The van der Waals surface area contributed by atoms with E-state index < -0.39 is 0 Å². The van der Waals surface area contributed by atoms with Crippen LogP contribution in [0.3, 0.4) is 0 Å². The van der Waals surface area contributed by atoms with E-state index in [2.05, 4.69) is 31.9 Å². The number of hydrogen-bond donors (Lipinski definition) is 0. The Morgan fingerprint density at radius 3 is 2.50 bits per heavy atom. The summed E-state index contributed by atoms with van der Waals surface area (Å²) >= 11 is 8.26. The molecule has 0 aromatic carbocycles. The SMILES string of the molecule is O=C(c1sc(Br)cc1Br)N1CCCC1. The van der Waals surface area contributed by atoms with Crippen molar-refractivity contribution in [3.8, 4) is 0 Å². The number of rotatable bonds is 1. The van der Waals surface area contributed by atoms with Crippen molar-refractivity contribution < 1.29 is 4.79 Å². The molecule has 5 heteroatoms. The fourth-order valence-corrected chi connectivity index (χ4v) is 4.11. The molecule has 2 rings (SSSR count). The van der Waals surface area contributed by atoms with Gasteiger partial charge < -0.3 is 4.90 Å². The van der Waals surface area contributed by atoms with Gasteiger partial charge in [0.1, 0.15) is 4.88 Å². The van der Waals surface area contributed by atoms with Gasteiger partial charge in [0.15, 0.2) is 0 Å². The zero-order valence-electron chi connectivity index (χ0n) is 7.43. The lowest BCUT2D eigenvalue weighted by atomic mass is 10.4. The number of amides is 1. The second-order valence-corrected chi connectivity index (χ2v) is 6.51. The quantitative estimate of drug-likeness (QED) is 0.767. The molecule has 14 heavy (non-hydrogen) atoms. The van der Waals surface area contributed by atoms with Crippen LogP contribution < -0.4 is 0 Å². The Balaban J connectivity index is 2.21. The number of hydrogen-bond acceptors (Lipinski definition) is 2. The van der Waals surface area contributed by atoms with Crippen molar-refractivity contribution in [3.05, 3.63) is 19.2 Å². The predicted molar refractivity (Wildman–Crippen MR) is 64.9 cm³/mol. The molecule has 0 bridgehead atoms. The van der Waals surface area contributed by atoms with Gasteiger partial charge in [-0.15, -0.1) is 11.3 Å². The third-order valence-corrected chi connectivity index (χ3v) is 4.76. The topological polar surface area (TPSA) is 20.3 Å². The summed E-state index contributed by atoms with van der Waals surface area (Å²) in [5, 5.41) is 0. The molecule has 2 heterocycles. The van der Waals surface area contributed by atoms with Crippen molar-refractivity contribution in [1.82, 2.24) is 4.90 Å². The van der Waals surface area contributed by atoms with Crippen LogP contribution in [-0.2, 0) is 0 Å². The number of halogens is 2. The summed E-state index contributed by atoms with van der Waals surface area (Å²) in [6, 6.07) is 1.92. The van der Waals surface area contributed by atoms with Crippen molar-refractivity contribution >= 4 is 49.1 Å². The minimum absolute atomic E-state index is 0.157. The Morgan fingerprint density at radius 2 is 2.00 bits per heavy atom. The van der Waals surface area contributed by atoms with E-state index in [0.717, 1.165) is 39.1 Å². The smallest absolute Gasteiger partial charge is 0.265 e. The molecule has 1 aliphatic rings. The van der Waals surface area contributed by atoms with E-state index in [4.69, 9.17) is 0 Å². The second-order valence-electron chi connectivity index (χ2n) is 3.23. The molecule has 2 nitrogen and oxygen atoms in total. The zero-order valence-corrected chi connectivity index (χ0v) is 11.4. The molecule has 1 saturated heterocycles. The maximum atomic E-state index is 12.0. The molecule has 0 N–H and O–H groups in total. The number of likely N-dealkylation sites (tertiary alicyclic amines) is 1. The standard InChI is InChI=1S/C9H9Br2NOS/c10-6-5-7(11)14-8(6)9(13)12-3-1-2-4-12/h5H,1-4H2. The van der Waals surface area contributed by atoms with Gasteiger partial charge in [-0.3, -0.25) is 4.79 Å². The van der Waals surface area contributed by atoms with Gasteiger partial charge in [0.25, 0.3) is 5.91 Å². The molecule has 1 aromatic rings. The third kappa shape index (κ3) is 2.04. The van der Waals surface area contributed by atoms with Gasteiger partial charge in [-0.05, 0) is 50.8 Å². The third-order valence-electron chi connectivity index (χ3n) is 2.24. The minimum Gasteiger partial charge on any atom is -0.338 e. The molecule has 1 fully saturated rings. The Kier molecular flexibility index (Phi) is 3.29. The number of carbonyl (C=O) groups is 1. The highest BCUT2D eigenvalue weighted by Crippen LogP contribution is 2.32. The van der Waals surface area contributed by atoms with Gasteiger partial charge in [0.2, 0.25) is 0 Å². The highest BCUT2D eigenvalue weighted by atomic mass is 79.9. The van der Waals surface area contributed by atoms with E-state index in [1.807, 2.05) is 11.0 Å². The fourth-order valence-electron chi connectivity index (χ4n) is 1.55. The fraction of sp³-hybridized carbons (Fsp3) is 0.444. The molecular formula is C9H9Br2NOS. The molecule has 1 amide bonds. The highest BCUT2D eigenvalue weighted by molar-refractivity contribution is 9.11. The van der Waals surface area contributed by atoms with Crippen LogP contribution in [0.2, 0.25) is 0 Å². The first-order valence-electron chi connectivity index (χ1n) is 4.42. The van der Waals surface area contributed by atoms with Crippen LogP contribution in [-0.4, -0.2) is 23.9 Å².